The zero-order valence-electron chi connectivity index (χ0n) is 21.0. The van der Waals surface area contributed by atoms with Crippen LogP contribution in [0.15, 0.2) is 61.4 Å². The molecule has 6 rings (SSSR count). The fraction of sp³-hybridized carbons (Fsp3) is 0.241. The highest BCUT2D eigenvalue weighted by Crippen LogP contribution is 2.45. The smallest absolute Gasteiger partial charge is 0.254 e. The summed E-state index contributed by atoms with van der Waals surface area (Å²) in [4.78, 5) is 24.1. The molecule has 9 heteroatoms. The number of aryl methyl sites for hydroxylation is 1. The number of carbonyl (C=O) groups excluding carboxylic acids is 1. The number of fused-ring (bicyclic) bond motifs is 2. The monoisotopic (exact) mass is 505 g/mol. The van der Waals surface area contributed by atoms with E-state index in [0.29, 0.717) is 18.7 Å². The number of nitriles is 1. The lowest BCUT2D eigenvalue weighted by Gasteiger charge is -2.20. The van der Waals surface area contributed by atoms with Gasteiger partial charge in [-0.3, -0.25) is 4.79 Å². The van der Waals surface area contributed by atoms with E-state index < -0.39 is 6.23 Å². The van der Waals surface area contributed by atoms with Crippen molar-refractivity contribution in [3.63, 3.8) is 0 Å². The lowest BCUT2D eigenvalue weighted by atomic mass is 9.94. The molecule has 38 heavy (non-hydrogen) atoms. The molecule has 0 bridgehead atoms. The topological polar surface area (TPSA) is 119 Å². The number of benzene rings is 2. The number of nitrogens with one attached hydrogen (secondary N) is 2. The predicted molar refractivity (Wildman–Crippen MR) is 146 cm³/mol. The summed E-state index contributed by atoms with van der Waals surface area (Å²) in [6, 6.07) is 15.5. The quantitative estimate of drug-likeness (QED) is 0.274. The third-order valence-electron chi connectivity index (χ3n) is 7.39. The number of nitrogens with zero attached hydrogens (tertiary/aromatic N) is 5. The van der Waals surface area contributed by atoms with Crippen molar-refractivity contribution in [1.29, 1.82) is 5.26 Å². The first-order valence-electron chi connectivity index (χ1n) is 12.6. The fourth-order valence-electron chi connectivity index (χ4n) is 5.55. The molecule has 0 aliphatic carbocycles. The van der Waals surface area contributed by atoms with E-state index in [9.17, 15) is 15.2 Å². The second kappa shape index (κ2) is 9.32. The number of carbonyl (C=O) groups is 1. The van der Waals surface area contributed by atoms with Gasteiger partial charge in [0.15, 0.2) is 0 Å². The number of aliphatic hydroxyl groups excluding tert-OH is 1. The molecule has 2 aliphatic rings. The summed E-state index contributed by atoms with van der Waals surface area (Å²) in [5.41, 5.74) is 7.09. The lowest BCUT2D eigenvalue weighted by Crippen LogP contribution is -2.34. The normalized spacial score (nSPS) is 16.8. The maximum atomic E-state index is 13.3. The van der Waals surface area contributed by atoms with Gasteiger partial charge < -0.3 is 25.2 Å². The average molecular weight is 506 g/mol. The average Bonchev–Trinajstić information content (AvgIpc) is 3.50. The van der Waals surface area contributed by atoms with Crippen molar-refractivity contribution in [1.82, 2.24) is 19.4 Å². The van der Waals surface area contributed by atoms with Crippen LogP contribution >= 0.6 is 0 Å². The molecule has 9 nitrogen and oxygen atoms in total. The number of aromatic nitrogens is 3. The Bertz CT molecular complexity index is 1620. The van der Waals surface area contributed by atoms with Crippen LogP contribution in [-0.4, -0.2) is 49.3 Å². The van der Waals surface area contributed by atoms with E-state index in [1.807, 2.05) is 49.5 Å². The van der Waals surface area contributed by atoms with Crippen molar-refractivity contribution >= 4 is 28.4 Å². The Hall–Kier alpha value is -4.68. The number of hydrogen-bond acceptors (Lipinski definition) is 7. The molecule has 1 saturated heterocycles. The van der Waals surface area contributed by atoms with E-state index in [1.165, 1.54) is 6.08 Å². The second-order valence-corrected chi connectivity index (χ2v) is 9.62. The zero-order chi connectivity index (χ0) is 26.4. The Kier molecular flexibility index (Phi) is 5.81. The van der Waals surface area contributed by atoms with Gasteiger partial charge in [-0.2, -0.15) is 5.26 Å². The molecule has 2 atom stereocenters. The lowest BCUT2D eigenvalue weighted by molar-refractivity contribution is 0.0765. The molecule has 2 aliphatic heterocycles. The molecule has 190 valence electrons. The molecule has 0 saturated carbocycles. The highest BCUT2D eigenvalue weighted by atomic mass is 16.3. The molecule has 0 spiro atoms. The first-order chi connectivity index (χ1) is 18.5. The maximum Gasteiger partial charge on any atom is 0.254 e. The van der Waals surface area contributed by atoms with E-state index in [1.54, 1.807) is 11.2 Å². The van der Waals surface area contributed by atoms with Gasteiger partial charge in [-0.25, -0.2) is 9.97 Å². The van der Waals surface area contributed by atoms with Crippen molar-refractivity contribution in [2.24, 2.45) is 7.05 Å². The molecule has 4 aromatic rings. The maximum absolute atomic E-state index is 13.3. The Morgan fingerprint density at radius 1 is 1.29 bits per heavy atom. The molecule has 1 fully saturated rings. The fourth-order valence-corrected chi connectivity index (χ4v) is 5.55. The van der Waals surface area contributed by atoms with Crippen LogP contribution < -0.4 is 10.6 Å². The number of anilines is 2. The van der Waals surface area contributed by atoms with Gasteiger partial charge in [0.25, 0.3) is 5.91 Å². The summed E-state index contributed by atoms with van der Waals surface area (Å²) in [7, 11) is 1.99. The van der Waals surface area contributed by atoms with Gasteiger partial charge in [-0.15, -0.1) is 0 Å². The van der Waals surface area contributed by atoms with E-state index in [2.05, 4.69) is 37.8 Å². The van der Waals surface area contributed by atoms with Gasteiger partial charge in [0.05, 0.1) is 17.1 Å². The predicted octanol–water partition coefficient (Wildman–Crippen LogP) is 4.27. The second-order valence-electron chi connectivity index (χ2n) is 9.62. The molecular weight excluding hydrogens is 478 g/mol. The highest BCUT2D eigenvalue weighted by molar-refractivity contribution is 6.10. The highest BCUT2D eigenvalue weighted by Gasteiger charge is 2.31. The van der Waals surface area contributed by atoms with E-state index in [4.69, 9.17) is 0 Å². The molecule has 4 heterocycles. The van der Waals surface area contributed by atoms with Crippen LogP contribution in [0.2, 0.25) is 0 Å². The van der Waals surface area contributed by atoms with Crippen molar-refractivity contribution in [3.8, 4) is 28.5 Å². The molecular formula is C29H27N7O2. The largest absolute Gasteiger partial charge is 0.370 e. The van der Waals surface area contributed by atoms with Crippen molar-refractivity contribution in [3.05, 3.63) is 72.6 Å². The van der Waals surface area contributed by atoms with Gasteiger partial charge in [-0.1, -0.05) is 24.8 Å². The zero-order valence-corrected chi connectivity index (χ0v) is 21.0. The SMILES string of the molecule is C=CC(O)Nc1ccc(-c2c3c4c(ncnc4n2C)NCc2cc(C(=O)N4CCCC4C#N)ccc2-3)cc1. The van der Waals surface area contributed by atoms with Crippen LogP contribution in [-0.2, 0) is 13.6 Å². The minimum Gasteiger partial charge on any atom is -0.370 e. The van der Waals surface area contributed by atoms with Crippen LogP contribution in [0, 0.1) is 11.3 Å². The van der Waals surface area contributed by atoms with Crippen LogP contribution in [0.5, 0.6) is 0 Å². The minimum absolute atomic E-state index is 0.110. The van der Waals surface area contributed by atoms with Crippen LogP contribution in [0.3, 0.4) is 0 Å². The third kappa shape index (κ3) is 3.78. The summed E-state index contributed by atoms with van der Waals surface area (Å²) in [6.45, 7) is 4.71. The Morgan fingerprint density at radius 3 is 2.87 bits per heavy atom. The van der Waals surface area contributed by atoms with E-state index >= 15 is 0 Å². The van der Waals surface area contributed by atoms with E-state index in [0.717, 1.165) is 63.3 Å². The molecule has 2 aromatic carbocycles. The van der Waals surface area contributed by atoms with Crippen LogP contribution in [0.25, 0.3) is 33.4 Å². The van der Waals surface area contributed by atoms with Gasteiger partial charge >= 0.3 is 0 Å². The number of rotatable bonds is 5. The first-order valence-corrected chi connectivity index (χ1v) is 12.6. The summed E-state index contributed by atoms with van der Waals surface area (Å²) in [5, 5.41) is 26.7. The summed E-state index contributed by atoms with van der Waals surface area (Å²) < 4.78 is 2.06. The van der Waals surface area contributed by atoms with Crippen molar-refractivity contribution in [2.45, 2.75) is 31.7 Å². The number of hydrogen-bond donors (Lipinski definition) is 3. The van der Waals surface area contributed by atoms with Crippen molar-refractivity contribution in [2.75, 3.05) is 17.2 Å². The molecule has 3 N–H and O–H groups in total. The summed E-state index contributed by atoms with van der Waals surface area (Å²) >= 11 is 0. The van der Waals surface area contributed by atoms with Gasteiger partial charge in [-0.05, 0) is 59.9 Å². The van der Waals surface area contributed by atoms with Crippen LogP contribution in [0.4, 0.5) is 11.5 Å². The van der Waals surface area contributed by atoms with Crippen molar-refractivity contribution < 1.29 is 9.90 Å². The molecule has 2 aromatic heterocycles. The van der Waals surface area contributed by atoms with Crippen LogP contribution in [0.1, 0.15) is 28.8 Å². The standard InChI is InChI=1S/C29H27N7O2/c1-3-23(37)34-20-9-6-17(7-10-20)26-24-22-11-8-18(29(38)36-12-4-5-21(36)14-30)13-19(22)15-31-27-25(24)28(35(26)2)33-16-32-27/h3,6-11,13,16,21,23,34,37H,1,4-5,12,15H2,2H3,(H,31,32,33). The molecule has 1 amide bonds. The third-order valence-corrected chi connectivity index (χ3v) is 7.39. The number of aliphatic hydroxyl groups is 1. The van der Waals surface area contributed by atoms with Gasteiger partial charge in [0.1, 0.15) is 30.1 Å². The number of amides is 1. The minimum atomic E-state index is -0.833. The number of likely N-dealkylation sites (tertiary alicyclic amines) is 1. The Balaban J connectivity index is 1.48. The Labute approximate surface area is 220 Å². The Morgan fingerprint density at radius 2 is 2.11 bits per heavy atom. The first kappa shape index (κ1) is 23.7. The van der Waals surface area contributed by atoms with Gasteiger partial charge in [0, 0.05) is 37.0 Å². The van der Waals surface area contributed by atoms with E-state index in [-0.39, 0.29) is 11.9 Å². The molecule has 2 unspecified atom stereocenters. The summed E-state index contributed by atoms with van der Waals surface area (Å²) in [5.74, 6) is 0.633. The molecule has 0 radical (unpaired) electrons. The van der Waals surface area contributed by atoms with Gasteiger partial charge in [0.2, 0.25) is 0 Å². The summed E-state index contributed by atoms with van der Waals surface area (Å²) in [6.07, 6.45) is 3.71.